The minimum Gasteiger partial charge on any atom is -0.324 e. The fourth-order valence-corrected chi connectivity index (χ4v) is 2.85. The molecule has 1 aromatic rings. The van der Waals surface area contributed by atoms with Crippen molar-refractivity contribution in [3.05, 3.63) is 27.7 Å². The van der Waals surface area contributed by atoms with Crippen molar-refractivity contribution in [2.75, 3.05) is 11.4 Å². The van der Waals surface area contributed by atoms with Gasteiger partial charge in [0, 0.05) is 29.7 Å². The van der Waals surface area contributed by atoms with Crippen molar-refractivity contribution in [3.8, 4) is 0 Å². The topological polar surface area (TPSA) is 46.3 Å². The Morgan fingerprint density at radius 2 is 2.25 bits per heavy atom. The molecule has 1 amide bonds. The van der Waals surface area contributed by atoms with E-state index in [-0.39, 0.29) is 11.9 Å². The first-order valence-electron chi connectivity index (χ1n) is 5.36. The Balaban J connectivity index is 2.50. The van der Waals surface area contributed by atoms with Gasteiger partial charge in [-0.3, -0.25) is 4.79 Å². The van der Waals surface area contributed by atoms with Crippen LogP contribution < -0.4 is 10.6 Å². The molecule has 1 atom stereocenters. The third-order valence-corrected chi connectivity index (χ3v) is 3.65. The van der Waals surface area contributed by atoms with Gasteiger partial charge in [-0.1, -0.05) is 15.9 Å². The molecule has 0 saturated heterocycles. The van der Waals surface area contributed by atoms with Crippen molar-refractivity contribution in [2.24, 2.45) is 5.73 Å². The molecule has 1 aliphatic rings. The predicted octanol–water partition coefficient (Wildman–Crippen LogP) is 2.38. The zero-order chi connectivity index (χ0) is 11.9. The van der Waals surface area contributed by atoms with Crippen LogP contribution in [0, 0.1) is 0 Å². The van der Waals surface area contributed by atoms with Crippen LogP contribution in [-0.2, 0) is 11.2 Å². The molecule has 0 unspecified atom stereocenters. The highest BCUT2D eigenvalue weighted by Crippen LogP contribution is 2.35. The van der Waals surface area contributed by atoms with Crippen LogP contribution in [0.5, 0.6) is 0 Å². The van der Waals surface area contributed by atoms with E-state index in [0.717, 1.165) is 28.7 Å². The lowest BCUT2D eigenvalue weighted by molar-refractivity contribution is -0.116. The maximum absolute atomic E-state index is 11.5. The molecule has 0 spiro atoms. The van der Waals surface area contributed by atoms with Crippen molar-refractivity contribution in [3.63, 3.8) is 0 Å². The molecule has 3 nitrogen and oxygen atoms in total. The average molecular weight is 283 g/mol. The van der Waals surface area contributed by atoms with Gasteiger partial charge in [0.2, 0.25) is 5.91 Å². The Morgan fingerprint density at radius 3 is 2.81 bits per heavy atom. The molecular formula is C12H15BrN2O. The molecule has 1 heterocycles. The smallest absolute Gasteiger partial charge is 0.223 e. The number of hydrogen-bond donors (Lipinski definition) is 1. The average Bonchev–Trinajstić information content (AvgIpc) is 2.58. The SMILES string of the molecule is CC(=O)N1CCc2cc(Br)c([C@@H](C)N)cc21. The molecule has 2 rings (SSSR count). The minimum atomic E-state index is -0.0333. The molecule has 1 aliphatic heterocycles. The molecule has 4 heteroatoms. The van der Waals surface area contributed by atoms with E-state index < -0.39 is 0 Å². The number of carbonyl (C=O) groups excluding carboxylic acids is 1. The number of benzene rings is 1. The maximum Gasteiger partial charge on any atom is 0.223 e. The first-order valence-corrected chi connectivity index (χ1v) is 6.16. The molecule has 0 bridgehead atoms. The van der Waals surface area contributed by atoms with Crippen molar-refractivity contribution in [1.82, 2.24) is 0 Å². The van der Waals surface area contributed by atoms with Gasteiger partial charge in [-0.25, -0.2) is 0 Å². The zero-order valence-electron chi connectivity index (χ0n) is 9.46. The Kier molecular flexibility index (Phi) is 3.04. The number of anilines is 1. The minimum absolute atomic E-state index is 0.0333. The summed E-state index contributed by atoms with van der Waals surface area (Å²) in [6.45, 7) is 4.32. The zero-order valence-corrected chi connectivity index (χ0v) is 11.0. The summed E-state index contributed by atoms with van der Waals surface area (Å²) in [5.41, 5.74) is 9.18. The molecule has 0 radical (unpaired) electrons. The van der Waals surface area contributed by atoms with Crippen LogP contribution in [0.25, 0.3) is 0 Å². The fourth-order valence-electron chi connectivity index (χ4n) is 2.10. The van der Waals surface area contributed by atoms with Gasteiger partial charge in [-0.2, -0.15) is 0 Å². The number of fused-ring (bicyclic) bond motifs is 1. The Morgan fingerprint density at radius 1 is 1.56 bits per heavy atom. The van der Waals surface area contributed by atoms with E-state index >= 15 is 0 Å². The summed E-state index contributed by atoms with van der Waals surface area (Å²) in [5, 5.41) is 0. The van der Waals surface area contributed by atoms with Crippen LogP contribution >= 0.6 is 15.9 Å². The quantitative estimate of drug-likeness (QED) is 0.860. The second-order valence-electron chi connectivity index (χ2n) is 4.21. The number of nitrogens with two attached hydrogens (primary N) is 1. The molecule has 0 aromatic heterocycles. The lowest BCUT2D eigenvalue weighted by Gasteiger charge is -2.17. The van der Waals surface area contributed by atoms with Crippen LogP contribution in [0.1, 0.15) is 31.0 Å². The molecule has 2 N–H and O–H groups in total. The summed E-state index contributed by atoms with van der Waals surface area (Å²) in [5.74, 6) is 0.0942. The normalized spacial score (nSPS) is 16.1. The van der Waals surface area contributed by atoms with Crippen LogP contribution in [0.4, 0.5) is 5.69 Å². The van der Waals surface area contributed by atoms with Gasteiger partial charge in [0.15, 0.2) is 0 Å². The van der Waals surface area contributed by atoms with E-state index in [1.165, 1.54) is 5.56 Å². The molecule has 16 heavy (non-hydrogen) atoms. The van der Waals surface area contributed by atoms with Gasteiger partial charge >= 0.3 is 0 Å². The number of halogens is 1. The third kappa shape index (κ3) is 1.87. The largest absolute Gasteiger partial charge is 0.324 e. The van der Waals surface area contributed by atoms with Crippen molar-refractivity contribution in [1.29, 1.82) is 0 Å². The number of carbonyl (C=O) groups is 1. The number of rotatable bonds is 1. The van der Waals surface area contributed by atoms with E-state index in [1.54, 1.807) is 6.92 Å². The summed E-state index contributed by atoms with van der Waals surface area (Å²) in [6.07, 6.45) is 0.923. The van der Waals surface area contributed by atoms with Crippen LogP contribution in [-0.4, -0.2) is 12.5 Å². The lowest BCUT2D eigenvalue weighted by Crippen LogP contribution is -2.26. The van der Waals surface area contributed by atoms with Gasteiger partial charge in [0.25, 0.3) is 0 Å². The highest BCUT2D eigenvalue weighted by Gasteiger charge is 2.24. The number of nitrogens with zero attached hydrogens (tertiary/aromatic N) is 1. The van der Waals surface area contributed by atoms with Crippen molar-refractivity contribution >= 4 is 27.5 Å². The first kappa shape index (κ1) is 11.6. The van der Waals surface area contributed by atoms with Crippen molar-refractivity contribution in [2.45, 2.75) is 26.3 Å². The van der Waals surface area contributed by atoms with Crippen LogP contribution in [0.15, 0.2) is 16.6 Å². The Bertz CT molecular complexity index is 443. The van der Waals surface area contributed by atoms with Gasteiger partial charge in [-0.15, -0.1) is 0 Å². The highest BCUT2D eigenvalue weighted by atomic mass is 79.9. The van der Waals surface area contributed by atoms with E-state index in [2.05, 4.69) is 22.0 Å². The second-order valence-corrected chi connectivity index (χ2v) is 5.07. The number of amides is 1. The maximum atomic E-state index is 11.5. The van der Waals surface area contributed by atoms with E-state index in [0.29, 0.717) is 0 Å². The Hall–Kier alpha value is -0.870. The van der Waals surface area contributed by atoms with Crippen LogP contribution in [0.2, 0.25) is 0 Å². The monoisotopic (exact) mass is 282 g/mol. The summed E-state index contributed by atoms with van der Waals surface area (Å²) < 4.78 is 1.03. The molecule has 0 fully saturated rings. The third-order valence-electron chi connectivity index (χ3n) is 2.96. The van der Waals surface area contributed by atoms with Gasteiger partial charge < -0.3 is 10.6 Å². The molecule has 86 valence electrons. The summed E-state index contributed by atoms with van der Waals surface area (Å²) in [4.78, 5) is 13.3. The van der Waals surface area contributed by atoms with Gasteiger partial charge in [-0.05, 0) is 36.6 Å². The lowest BCUT2D eigenvalue weighted by atomic mass is 10.0. The second kappa shape index (κ2) is 4.18. The fraction of sp³-hybridized carbons (Fsp3) is 0.417. The van der Waals surface area contributed by atoms with Crippen LogP contribution in [0.3, 0.4) is 0 Å². The molecule has 0 aliphatic carbocycles. The summed E-state index contributed by atoms with van der Waals surface area (Å²) in [7, 11) is 0. The Labute approximate surface area is 104 Å². The number of hydrogen-bond acceptors (Lipinski definition) is 2. The van der Waals surface area contributed by atoms with E-state index in [9.17, 15) is 4.79 Å². The summed E-state index contributed by atoms with van der Waals surface area (Å²) in [6, 6.07) is 4.07. The molecular weight excluding hydrogens is 268 g/mol. The van der Waals surface area contributed by atoms with Gasteiger partial charge in [0.05, 0.1) is 0 Å². The van der Waals surface area contributed by atoms with Crippen molar-refractivity contribution < 1.29 is 4.79 Å². The van der Waals surface area contributed by atoms with E-state index in [4.69, 9.17) is 5.73 Å². The first-order chi connectivity index (χ1) is 7.50. The van der Waals surface area contributed by atoms with E-state index in [1.807, 2.05) is 17.9 Å². The van der Waals surface area contributed by atoms with Gasteiger partial charge in [0.1, 0.15) is 0 Å². The molecule has 1 aromatic carbocycles. The standard InChI is InChI=1S/C12H15BrN2O/c1-7(14)10-6-12-9(5-11(10)13)3-4-15(12)8(2)16/h5-7H,3-4,14H2,1-2H3/t7-/m1/s1. The molecule has 0 saturated carbocycles. The predicted molar refractivity (Wildman–Crippen MR) is 68.5 cm³/mol. The highest BCUT2D eigenvalue weighted by molar-refractivity contribution is 9.10. The summed E-state index contributed by atoms with van der Waals surface area (Å²) >= 11 is 3.52.